The number of likely N-dealkylation sites (N-methyl/N-ethyl adjacent to an activating group) is 1. The molecule has 8 nitrogen and oxygen atoms in total. The van der Waals surface area contributed by atoms with Gasteiger partial charge in [0.15, 0.2) is 5.96 Å². The second-order valence-electron chi connectivity index (χ2n) is 8.28. The molecule has 2 aliphatic rings. The molecule has 180 valence electrons. The largest absolute Gasteiger partial charge is 0.357 e. The lowest BCUT2D eigenvalue weighted by molar-refractivity contribution is 0.270. The van der Waals surface area contributed by atoms with Gasteiger partial charge in [-0.1, -0.05) is 19.1 Å². The number of nitrogens with one attached hydrogen (secondary N) is 1. The first-order valence-electron chi connectivity index (χ1n) is 11.9. The molecule has 4 heterocycles. The van der Waals surface area contributed by atoms with Gasteiger partial charge in [-0.25, -0.2) is 15.0 Å². The Morgan fingerprint density at radius 1 is 0.879 bits per heavy atom. The molecule has 1 N–H and O–H groups in total. The van der Waals surface area contributed by atoms with Crippen molar-refractivity contribution in [3.63, 3.8) is 0 Å². The third-order valence-corrected chi connectivity index (χ3v) is 6.25. The van der Waals surface area contributed by atoms with E-state index in [4.69, 9.17) is 9.98 Å². The number of piperazine rings is 2. The molecule has 0 atom stereocenters. The van der Waals surface area contributed by atoms with Gasteiger partial charge in [0.2, 0.25) is 0 Å². The van der Waals surface area contributed by atoms with Crippen LogP contribution in [-0.2, 0) is 6.54 Å². The number of guanidine groups is 1. The molecule has 0 spiro atoms. The number of nitrogens with zero attached hydrogens (tertiary/aromatic N) is 7. The summed E-state index contributed by atoms with van der Waals surface area (Å²) < 4.78 is 0. The maximum absolute atomic E-state index is 4.91. The van der Waals surface area contributed by atoms with Crippen molar-refractivity contribution < 1.29 is 0 Å². The number of rotatable bonds is 6. The van der Waals surface area contributed by atoms with Crippen LogP contribution in [0.5, 0.6) is 0 Å². The number of hydrogen-bond donors (Lipinski definition) is 1. The number of aliphatic imine (C=N–C) groups is 1. The van der Waals surface area contributed by atoms with Gasteiger partial charge in [-0.05, 0) is 37.2 Å². The molecular formula is C24H37IN8. The zero-order valence-electron chi connectivity index (χ0n) is 19.9. The number of pyridine rings is 2. The normalized spacial score (nSPS) is 17.6. The maximum Gasteiger partial charge on any atom is 0.194 e. The average molecular weight is 565 g/mol. The standard InChI is InChI=1S/C24H36N8.HI/c1-3-25-24(32-17-15-31(16-18-32)22-7-5-6-10-26-22)28-20-21-8-9-23(27-19-21)30-13-11-29(4-2)12-14-30;/h5-10,19H,3-4,11-18,20H2,1-2H3,(H,25,28);1H. The molecule has 0 saturated carbocycles. The van der Waals surface area contributed by atoms with E-state index in [1.165, 1.54) is 0 Å². The van der Waals surface area contributed by atoms with E-state index >= 15 is 0 Å². The fraction of sp³-hybridized carbons (Fsp3) is 0.542. The lowest BCUT2D eigenvalue weighted by Gasteiger charge is -2.37. The number of aromatic nitrogens is 2. The van der Waals surface area contributed by atoms with Crippen LogP contribution in [0.15, 0.2) is 47.7 Å². The SMILES string of the molecule is CCNC(=NCc1ccc(N2CCN(CC)CC2)nc1)N1CCN(c2ccccn2)CC1.I. The van der Waals surface area contributed by atoms with Crippen molar-refractivity contribution in [2.24, 2.45) is 4.99 Å². The molecule has 2 aromatic heterocycles. The molecule has 0 radical (unpaired) electrons. The van der Waals surface area contributed by atoms with E-state index in [9.17, 15) is 0 Å². The van der Waals surface area contributed by atoms with Crippen molar-refractivity contribution in [3.8, 4) is 0 Å². The van der Waals surface area contributed by atoms with Gasteiger partial charge < -0.3 is 24.9 Å². The minimum absolute atomic E-state index is 0. The van der Waals surface area contributed by atoms with Crippen LogP contribution >= 0.6 is 24.0 Å². The molecule has 2 saturated heterocycles. The molecular weight excluding hydrogens is 527 g/mol. The summed E-state index contributed by atoms with van der Waals surface area (Å²) in [7, 11) is 0. The van der Waals surface area contributed by atoms with Crippen molar-refractivity contribution in [3.05, 3.63) is 48.3 Å². The van der Waals surface area contributed by atoms with Gasteiger partial charge in [0, 0.05) is 71.3 Å². The monoisotopic (exact) mass is 564 g/mol. The zero-order chi connectivity index (χ0) is 22.2. The maximum atomic E-state index is 4.91. The quantitative estimate of drug-likeness (QED) is 0.329. The fourth-order valence-electron chi connectivity index (χ4n) is 4.27. The number of hydrogen-bond acceptors (Lipinski definition) is 6. The Labute approximate surface area is 215 Å². The summed E-state index contributed by atoms with van der Waals surface area (Å²) in [5.41, 5.74) is 1.14. The summed E-state index contributed by atoms with van der Waals surface area (Å²) in [6, 6.07) is 10.4. The van der Waals surface area contributed by atoms with E-state index in [1.54, 1.807) is 0 Å². The first-order chi connectivity index (χ1) is 15.8. The lowest BCUT2D eigenvalue weighted by atomic mass is 10.2. The molecule has 9 heteroatoms. The predicted octanol–water partition coefficient (Wildman–Crippen LogP) is 2.52. The van der Waals surface area contributed by atoms with Gasteiger partial charge in [-0.2, -0.15) is 0 Å². The molecule has 0 amide bonds. The van der Waals surface area contributed by atoms with E-state index in [2.05, 4.69) is 61.9 Å². The van der Waals surface area contributed by atoms with E-state index < -0.39 is 0 Å². The van der Waals surface area contributed by atoms with Gasteiger partial charge in [0.25, 0.3) is 0 Å². The molecule has 0 unspecified atom stereocenters. The Kier molecular flexibility index (Phi) is 9.98. The van der Waals surface area contributed by atoms with Gasteiger partial charge >= 0.3 is 0 Å². The Balaban J connectivity index is 0.00000306. The number of anilines is 2. The fourth-order valence-corrected chi connectivity index (χ4v) is 4.27. The van der Waals surface area contributed by atoms with Crippen molar-refractivity contribution in [1.82, 2.24) is 25.1 Å². The van der Waals surface area contributed by atoms with Crippen LogP contribution in [0.1, 0.15) is 19.4 Å². The highest BCUT2D eigenvalue weighted by molar-refractivity contribution is 14.0. The molecule has 0 aliphatic carbocycles. The molecule has 2 fully saturated rings. The zero-order valence-corrected chi connectivity index (χ0v) is 22.2. The first kappa shape index (κ1) is 25.5. The Bertz CT molecular complexity index is 845. The Morgan fingerprint density at radius 3 is 2.15 bits per heavy atom. The molecule has 0 bridgehead atoms. The van der Waals surface area contributed by atoms with E-state index in [0.717, 1.165) is 88.6 Å². The van der Waals surface area contributed by atoms with Crippen LogP contribution in [0, 0.1) is 0 Å². The average Bonchev–Trinajstić information content (AvgIpc) is 2.87. The summed E-state index contributed by atoms with van der Waals surface area (Å²) in [5.74, 6) is 3.11. The van der Waals surface area contributed by atoms with Crippen LogP contribution in [0.3, 0.4) is 0 Å². The van der Waals surface area contributed by atoms with E-state index in [1.807, 2.05) is 24.5 Å². The van der Waals surface area contributed by atoms with Gasteiger partial charge in [-0.15, -0.1) is 24.0 Å². The second-order valence-corrected chi connectivity index (χ2v) is 8.28. The minimum atomic E-state index is 0. The molecule has 0 aromatic carbocycles. The second kappa shape index (κ2) is 12.9. The molecule has 2 aromatic rings. The highest BCUT2D eigenvalue weighted by atomic mass is 127. The highest BCUT2D eigenvalue weighted by Crippen LogP contribution is 2.15. The third-order valence-electron chi connectivity index (χ3n) is 6.25. The molecule has 2 aliphatic heterocycles. The topological polar surface area (TPSA) is 63.1 Å². The summed E-state index contributed by atoms with van der Waals surface area (Å²) in [6.07, 6.45) is 3.84. The Morgan fingerprint density at radius 2 is 1.58 bits per heavy atom. The van der Waals surface area contributed by atoms with Crippen molar-refractivity contribution in [2.75, 3.05) is 75.2 Å². The molecule has 33 heavy (non-hydrogen) atoms. The van der Waals surface area contributed by atoms with E-state index in [-0.39, 0.29) is 24.0 Å². The van der Waals surface area contributed by atoms with Gasteiger partial charge in [0.1, 0.15) is 11.6 Å². The summed E-state index contributed by atoms with van der Waals surface area (Å²) in [6.45, 7) is 15.1. The lowest BCUT2D eigenvalue weighted by Crippen LogP contribution is -2.52. The highest BCUT2D eigenvalue weighted by Gasteiger charge is 2.20. The summed E-state index contributed by atoms with van der Waals surface area (Å²) in [5, 5.41) is 3.46. The third kappa shape index (κ3) is 6.92. The van der Waals surface area contributed by atoms with Crippen LogP contribution in [0.2, 0.25) is 0 Å². The van der Waals surface area contributed by atoms with Crippen molar-refractivity contribution in [1.29, 1.82) is 0 Å². The number of halogens is 1. The van der Waals surface area contributed by atoms with Gasteiger partial charge in [-0.3, -0.25) is 0 Å². The van der Waals surface area contributed by atoms with Crippen LogP contribution in [0.4, 0.5) is 11.6 Å². The van der Waals surface area contributed by atoms with Crippen LogP contribution in [-0.4, -0.2) is 91.2 Å². The van der Waals surface area contributed by atoms with Crippen LogP contribution < -0.4 is 15.1 Å². The van der Waals surface area contributed by atoms with Crippen LogP contribution in [0.25, 0.3) is 0 Å². The summed E-state index contributed by atoms with van der Waals surface area (Å²) >= 11 is 0. The van der Waals surface area contributed by atoms with Crippen molar-refractivity contribution in [2.45, 2.75) is 20.4 Å². The predicted molar refractivity (Wildman–Crippen MR) is 147 cm³/mol. The van der Waals surface area contributed by atoms with E-state index in [0.29, 0.717) is 6.54 Å². The Hall–Kier alpha value is -2.14. The minimum Gasteiger partial charge on any atom is -0.357 e. The summed E-state index contributed by atoms with van der Waals surface area (Å²) in [4.78, 5) is 23.7. The van der Waals surface area contributed by atoms with Crippen molar-refractivity contribution >= 4 is 41.6 Å². The molecule has 4 rings (SSSR count). The van der Waals surface area contributed by atoms with Gasteiger partial charge in [0.05, 0.1) is 6.54 Å². The first-order valence-corrected chi connectivity index (χ1v) is 11.9. The smallest absolute Gasteiger partial charge is 0.194 e.